The number of aromatic carboxylic acids is 1. The van der Waals surface area contributed by atoms with Crippen molar-refractivity contribution in [3.8, 4) is 5.75 Å². The minimum absolute atomic E-state index is 0.0172. The maximum Gasteiger partial charge on any atom is 0.482 e. The Balaban J connectivity index is 1.25. The lowest BCUT2D eigenvalue weighted by molar-refractivity contribution is -0.199. The number of thiazole rings is 1. The molecule has 12 nitrogen and oxygen atoms in total. The van der Waals surface area contributed by atoms with E-state index >= 15 is 0 Å². The van der Waals surface area contributed by atoms with E-state index in [1.54, 1.807) is 17.5 Å². The Morgan fingerprint density at radius 1 is 1.14 bits per heavy atom. The predicted octanol–water partition coefficient (Wildman–Crippen LogP) is 5.89. The molecule has 1 aliphatic heterocycles. The number of amides is 2. The van der Waals surface area contributed by atoms with Crippen LogP contribution in [-0.4, -0.2) is 59.9 Å². The van der Waals surface area contributed by atoms with Gasteiger partial charge in [-0.2, -0.15) is 0 Å². The quantitative estimate of drug-likeness (QED) is 0.175. The van der Waals surface area contributed by atoms with Crippen LogP contribution in [0, 0.1) is 17.3 Å². The van der Waals surface area contributed by atoms with Crippen LogP contribution in [0.15, 0.2) is 47.8 Å². The highest BCUT2D eigenvalue weighted by Crippen LogP contribution is 2.65. The lowest BCUT2D eigenvalue weighted by atomic mass is 9.43. The first-order valence-corrected chi connectivity index (χ1v) is 18.2. The van der Waals surface area contributed by atoms with Crippen LogP contribution < -0.4 is 21.1 Å². The van der Waals surface area contributed by atoms with Gasteiger partial charge in [-0.1, -0.05) is 71.0 Å². The second-order valence-corrected chi connectivity index (χ2v) is 16.5. The standard InChI is InChI=1S/C37H47BN4O8S/c1-35(2,3)24-14-13-22(32(44)45)30(47-7)23(24)17-28(38-49-27-16-21-15-26(36(21,4)5)37(27,6)50-38)41-31(43)29(39)25-19-51-33(40-25)42-34(46)48-18-20-11-9-8-10-12-20/h8-14,19,21,26-29H,15-18,39H2,1-7H3,(H,41,43)(H,44,45)(H,40,42,46)/t21-,26+,27?,28+,29?,37+/m1/s1. The molecule has 2 unspecified atom stereocenters. The average molecular weight is 719 g/mol. The van der Waals surface area contributed by atoms with Gasteiger partial charge in [-0.3, -0.25) is 10.1 Å². The minimum Gasteiger partial charge on any atom is -0.496 e. The molecule has 4 aliphatic rings. The fourth-order valence-electron chi connectivity index (χ4n) is 8.18. The highest BCUT2D eigenvalue weighted by atomic mass is 32.1. The molecule has 272 valence electrons. The topological polar surface area (TPSA) is 171 Å². The molecule has 14 heteroatoms. The van der Waals surface area contributed by atoms with Gasteiger partial charge in [0.15, 0.2) is 5.13 Å². The molecule has 1 saturated heterocycles. The monoisotopic (exact) mass is 718 g/mol. The SMILES string of the molecule is COc1c(C(=O)O)ccc(C(C)(C)C)c1C[C@H](NC(=O)C(N)c1csc(NC(=O)OCc2ccccc2)n1)B1OC2C[C@H]3C[C@@H](C3(C)C)[C@]2(C)O1. The molecule has 2 bridgehead atoms. The summed E-state index contributed by atoms with van der Waals surface area (Å²) in [6, 6.07) is 11.4. The van der Waals surface area contributed by atoms with E-state index < -0.39 is 42.7 Å². The average Bonchev–Trinajstić information content (AvgIpc) is 3.69. The van der Waals surface area contributed by atoms with Crippen LogP contribution in [0.4, 0.5) is 9.93 Å². The van der Waals surface area contributed by atoms with E-state index in [1.165, 1.54) is 7.11 Å². The van der Waals surface area contributed by atoms with Gasteiger partial charge in [0.2, 0.25) is 5.91 Å². The summed E-state index contributed by atoms with van der Waals surface area (Å²) in [6.45, 7) is 12.9. The molecular formula is C37H47BN4O8S. The Bertz CT molecular complexity index is 1800. The third-order valence-corrected chi connectivity index (χ3v) is 11.9. The molecule has 3 saturated carbocycles. The van der Waals surface area contributed by atoms with Crippen molar-refractivity contribution in [1.82, 2.24) is 10.3 Å². The number of rotatable bonds is 11. The number of methoxy groups -OCH3 is 1. The fourth-order valence-corrected chi connectivity index (χ4v) is 8.91. The van der Waals surface area contributed by atoms with Crippen LogP contribution >= 0.6 is 11.3 Å². The van der Waals surface area contributed by atoms with Gasteiger partial charge in [-0.15, -0.1) is 11.3 Å². The van der Waals surface area contributed by atoms with E-state index in [0.717, 1.165) is 35.3 Å². The second-order valence-electron chi connectivity index (χ2n) is 15.6. The largest absolute Gasteiger partial charge is 0.496 e. The van der Waals surface area contributed by atoms with Crippen molar-refractivity contribution in [2.45, 2.75) is 96.5 Å². The normalized spacial score (nSPS) is 24.5. The fraction of sp³-hybridized carbons (Fsp3) is 0.514. The molecule has 0 spiro atoms. The van der Waals surface area contributed by atoms with Crippen LogP contribution in [0.25, 0.3) is 0 Å². The molecule has 2 amide bonds. The number of carboxylic acid groups (broad SMARTS) is 1. The van der Waals surface area contributed by atoms with Crippen molar-refractivity contribution in [2.24, 2.45) is 23.0 Å². The maximum atomic E-state index is 14.0. The summed E-state index contributed by atoms with van der Waals surface area (Å²) in [4.78, 5) is 43.1. The summed E-state index contributed by atoms with van der Waals surface area (Å²) in [5, 5.41) is 17.6. The molecule has 1 aromatic heterocycles. The third kappa shape index (κ3) is 7.11. The molecule has 2 aromatic carbocycles. The Morgan fingerprint density at radius 3 is 2.51 bits per heavy atom. The number of hydrogen-bond acceptors (Lipinski definition) is 10. The number of ether oxygens (including phenoxy) is 2. The van der Waals surface area contributed by atoms with Crippen molar-refractivity contribution in [1.29, 1.82) is 0 Å². The summed E-state index contributed by atoms with van der Waals surface area (Å²) in [6.07, 6.45) is 1.22. The second kappa shape index (κ2) is 13.9. The lowest BCUT2D eigenvalue weighted by Crippen LogP contribution is -2.65. The van der Waals surface area contributed by atoms with Crippen molar-refractivity contribution in [2.75, 3.05) is 12.4 Å². The predicted molar refractivity (Wildman–Crippen MR) is 194 cm³/mol. The van der Waals surface area contributed by atoms with E-state index in [4.69, 9.17) is 24.5 Å². The maximum absolute atomic E-state index is 14.0. The Kier molecular flexibility index (Phi) is 10.0. The number of nitrogens with zero attached hydrogens (tertiary/aromatic N) is 1. The van der Waals surface area contributed by atoms with Gasteiger partial charge in [-0.05, 0) is 66.0 Å². The summed E-state index contributed by atoms with van der Waals surface area (Å²) >= 11 is 1.12. The van der Waals surface area contributed by atoms with Crippen LogP contribution in [0.2, 0.25) is 0 Å². The van der Waals surface area contributed by atoms with Gasteiger partial charge in [0.05, 0.1) is 30.4 Å². The number of benzene rings is 2. The van der Waals surface area contributed by atoms with Crippen molar-refractivity contribution >= 4 is 41.6 Å². The molecule has 2 heterocycles. The molecule has 6 atom stereocenters. The van der Waals surface area contributed by atoms with Crippen LogP contribution in [0.3, 0.4) is 0 Å². The van der Waals surface area contributed by atoms with Gasteiger partial charge in [0.25, 0.3) is 0 Å². The number of anilines is 1. The van der Waals surface area contributed by atoms with Gasteiger partial charge < -0.3 is 34.9 Å². The van der Waals surface area contributed by atoms with Crippen LogP contribution in [0.5, 0.6) is 5.75 Å². The molecule has 0 radical (unpaired) electrons. The van der Waals surface area contributed by atoms with Crippen LogP contribution in [-0.2, 0) is 37.3 Å². The number of nitrogens with one attached hydrogen (secondary N) is 2. The van der Waals surface area contributed by atoms with E-state index in [-0.39, 0.29) is 58.0 Å². The molecule has 51 heavy (non-hydrogen) atoms. The van der Waals surface area contributed by atoms with Gasteiger partial charge in [-0.25, -0.2) is 14.6 Å². The van der Waals surface area contributed by atoms with Crippen molar-refractivity contribution in [3.63, 3.8) is 0 Å². The first-order chi connectivity index (χ1) is 24.0. The first-order valence-electron chi connectivity index (χ1n) is 17.3. The summed E-state index contributed by atoms with van der Waals surface area (Å²) < 4.78 is 24.5. The molecular weight excluding hydrogens is 671 g/mol. The first kappa shape index (κ1) is 36.8. The number of hydrogen-bond donors (Lipinski definition) is 4. The Labute approximate surface area is 302 Å². The minimum atomic E-state index is -1.19. The van der Waals surface area contributed by atoms with Crippen molar-refractivity contribution in [3.05, 3.63) is 75.8 Å². The number of carboxylic acids is 1. The zero-order valence-electron chi connectivity index (χ0n) is 30.1. The number of carbonyl (C=O) groups is 3. The van der Waals surface area contributed by atoms with Crippen LogP contribution in [0.1, 0.15) is 93.2 Å². The Morgan fingerprint density at radius 2 is 1.86 bits per heavy atom. The van der Waals surface area contributed by atoms with Crippen molar-refractivity contribution < 1.29 is 38.3 Å². The van der Waals surface area contributed by atoms with E-state index in [2.05, 4.69) is 36.4 Å². The Hall–Kier alpha value is -3.98. The van der Waals surface area contributed by atoms with E-state index in [0.29, 0.717) is 11.5 Å². The summed E-state index contributed by atoms with van der Waals surface area (Å²) in [5.41, 5.74) is 8.26. The lowest BCUT2D eigenvalue weighted by Gasteiger charge is -2.64. The zero-order valence-corrected chi connectivity index (χ0v) is 31.0. The number of nitrogens with two attached hydrogens (primary N) is 1. The third-order valence-electron chi connectivity index (χ3n) is 11.1. The zero-order chi connectivity index (χ0) is 36.9. The van der Waals surface area contributed by atoms with Gasteiger partial charge in [0, 0.05) is 10.9 Å². The molecule has 3 aromatic rings. The highest BCUT2D eigenvalue weighted by molar-refractivity contribution is 7.13. The van der Waals surface area contributed by atoms with E-state index in [9.17, 15) is 19.5 Å². The van der Waals surface area contributed by atoms with E-state index in [1.807, 2.05) is 51.1 Å². The molecule has 3 aliphatic carbocycles. The molecule has 5 N–H and O–H groups in total. The number of carbonyl (C=O) groups excluding carboxylic acids is 2. The molecule has 7 rings (SSSR count). The highest BCUT2D eigenvalue weighted by Gasteiger charge is 2.68. The smallest absolute Gasteiger partial charge is 0.482 e. The summed E-state index contributed by atoms with van der Waals surface area (Å²) in [7, 11) is 0.601. The molecule has 4 fully saturated rings. The summed E-state index contributed by atoms with van der Waals surface area (Å²) in [5.74, 6) is -1.40. The van der Waals surface area contributed by atoms with Gasteiger partial charge in [0.1, 0.15) is 24.0 Å². The number of aromatic nitrogens is 1. The van der Waals surface area contributed by atoms with Gasteiger partial charge >= 0.3 is 19.2 Å².